The van der Waals surface area contributed by atoms with Crippen molar-refractivity contribution in [3.63, 3.8) is 0 Å². The van der Waals surface area contributed by atoms with Gasteiger partial charge < -0.3 is 0 Å². The fraction of sp³-hybridized carbons (Fsp3) is 0.600. The predicted molar refractivity (Wildman–Crippen MR) is 41.6 cm³/mol. The third-order valence-corrected chi connectivity index (χ3v) is 3.42. The lowest BCUT2D eigenvalue weighted by atomic mass is 9.85. The van der Waals surface area contributed by atoms with Gasteiger partial charge in [0.05, 0.1) is 0 Å². The van der Waals surface area contributed by atoms with Gasteiger partial charge in [0.25, 0.3) is 0 Å². The monoisotopic (exact) mass is 132 g/mol. The number of rotatable bonds is 0. The van der Waals surface area contributed by atoms with Crippen LogP contribution < -0.4 is 0 Å². The summed E-state index contributed by atoms with van der Waals surface area (Å²) in [6, 6.07) is 0. The largest absolute Gasteiger partial charge is 0.0844 e. The van der Waals surface area contributed by atoms with E-state index >= 15 is 0 Å². The van der Waals surface area contributed by atoms with E-state index in [1.807, 2.05) is 0 Å². The van der Waals surface area contributed by atoms with Gasteiger partial charge in [-0.1, -0.05) is 23.8 Å². The lowest BCUT2D eigenvalue weighted by Gasteiger charge is -2.19. The molecular formula is C10H12. The highest BCUT2D eigenvalue weighted by molar-refractivity contribution is 5.37. The summed E-state index contributed by atoms with van der Waals surface area (Å²) in [4.78, 5) is 0. The van der Waals surface area contributed by atoms with E-state index in [2.05, 4.69) is 18.2 Å². The molecule has 0 N–H and O–H groups in total. The van der Waals surface area contributed by atoms with Crippen molar-refractivity contribution >= 4 is 0 Å². The van der Waals surface area contributed by atoms with Crippen LogP contribution in [0.5, 0.6) is 0 Å². The van der Waals surface area contributed by atoms with Gasteiger partial charge in [-0.15, -0.1) is 0 Å². The Balaban J connectivity index is 2.18. The Morgan fingerprint density at radius 2 is 2.50 bits per heavy atom. The first-order chi connectivity index (χ1) is 4.89. The highest BCUT2D eigenvalue weighted by Gasteiger charge is 2.45. The van der Waals surface area contributed by atoms with Crippen molar-refractivity contribution in [1.82, 2.24) is 0 Å². The second-order valence-corrected chi connectivity index (χ2v) is 3.95. The predicted octanol–water partition coefficient (Wildman–Crippen LogP) is 2.67. The first-order valence-corrected chi connectivity index (χ1v) is 4.28. The molecule has 3 aliphatic carbocycles. The molecule has 10 heavy (non-hydrogen) atoms. The lowest BCUT2D eigenvalue weighted by molar-refractivity contribution is 0.467. The Kier molecular flexibility index (Phi) is 0.719. The summed E-state index contributed by atoms with van der Waals surface area (Å²) >= 11 is 0. The standard InChI is InChI=1S/C10H12/c1-2-9-6-8-3-5-10(9,4-1)7-8/h2-3,5,8H,1,4,6-7H2. The maximum Gasteiger partial charge on any atom is 0.00997 e. The highest BCUT2D eigenvalue weighted by Crippen LogP contribution is 2.58. The summed E-state index contributed by atoms with van der Waals surface area (Å²) in [5, 5.41) is 0. The van der Waals surface area contributed by atoms with E-state index in [0.717, 1.165) is 5.92 Å². The zero-order chi connectivity index (χ0) is 6.60. The van der Waals surface area contributed by atoms with Gasteiger partial charge in [0.2, 0.25) is 0 Å². The van der Waals surface area contributed by atoms with Gasteiger partial charge in [0.1, 0.15) is 0 Å². The third-order valence-electron chi connectivity index (χ3n) is 3.42. The Morgan fingerprint density at radius 1 is 1.50 bits per heavy atom. The molecule has 2 bridgehead atoms. The normalized spacial score (nSPS) is 48.0. The molecule has 0 radical (unpaired) electrons. The van der Waals surface area contributed by atoms with E-state index in [-0.39, 0.29) is 0 Å². The Bertz CT molecular complexity index is 234. The molecule has 0 nitrogen and oxygen atoms in total. The molecule has 0 aromatic carbocycles. The van der Waals surface area contributed by atoms with Gasteiger partial charge in [-0.3, -0.25) is 0 Å². The lowest BCUT2D eigenvalue weighted by Crippen LogP contribution is -2.08. The maximum atomic E-state index is 2.48. The topological polar surface area (TPSA) is 0 Å². The van der Waals surface area contributed by atoms with Crippen molar-refractivity contribution in [2.75, 3.05) is 0 Å². The quantitative estimate of drug-likeness (QED) is 0.444. The average molecular weight is 132 g/mol. The van der Waals surface area contributed by atoms with Crippen molar-refractivity contribution < 1.29 is 0 Å². The molecule has 52 valence electrons. The van der Waals surface area contributed by atoms with Crippen molar-refractivity contribution in [2.24, 2.45) is 11.3 Å². The zero-order valence-electron chi connectivity index (χ0n) is 6.14. The van der Waals surface area contributed by atoms with Crippen LogP contribution in [-0.4, -0.2) is 0 Å². The minimum atomic E-state index is 0.602. The van der Waals surface area contributed by atoms with Crippen LogP contribution in [0, 0.1) is 11.3 Å². The molecule has 0 aromatic heterocycles. The van der Waals surface area contributed by atoms with Gasteiger partial charge in [-0.2, -0.15) is 0 Å². The van der Waals surface area contributed by atoms with Crippen LogP contribution in [-0.2, 0) is 0 Å². The number of fused-ring (bicyclic) bond motifs is 1. The van der Waals surface area contributed by atoms with Crippen molar-refractivity contribution in [3.8, 4) is 0 Å². The summed E-state index contributed by atoms with van der Waals surface area (Å²) < 4.78 is 0. The van der Waals surface area contributed by atoms with E-state index in [0.29, 0.717) is 5.41 Å². The van der Waals surface area contributed by atoms with Gasteiger partial charge >= 0.3 is 0 Å². The van der Waals surface area contributed by atoms with Crippen LogP contribution in [0.1, 0.15) is 25.7 Å². The molecule has 0 aliphatic heterocycles. The molecular weight excluding hydrogens is 120 g/mol. The molecule has 0 heteroatoms. The molecule has 3 rings (SSSR count). The Labute approximate surface area is 61.6 Å². The van der Waals surface area contributed by atoms with Crippen molar-refractivity contribution in [3.05, 3.63) is 23.8 Å². The van der Waals surface area contributed by atoms with Gasteiger partial charge in [0, 0.05) is 5.41 Å². The van der Waals surface area contributed by atoms with Crippen LogP contribution in [0.15, 0.2) is 23.8 Å². The van der Waals surface area contributed by atoms with Crippen molar-refractivity contribution in [1.29, 1.82) is 0 Å². The van der Waals surface area contributed by atoms with E-state index in [1.54, 1.807) is 5.57 Å². The minimum Gasteiger partial charge on any atom is -0.0844 e. The van der Waals surface area contributed by atoms with Crippen LogP contribution in [0.4, 0.5) is 0 Å². The van der Waals surface area contributed by atoms with E-state index in [9.17, 15) is 0 Å². The fourth-order valence-electron chi connectivity index (χ4n) is 2.92. The fourth-order valence-corrected chi connectivity index (χ4v) is 2.92. The molecule has 1 fully saturated rings. The van der Waals surface area contributed by atoms with Crippen LogP contribution >= 0.6 is 0 Å². The van der Waals surface area contributed by atoms with E-state index in [1.165, 1.54) is 25.7 Å². The molecule has 0 saturated heterocycles. The molecule has 2 unspecified atom stereocenters. The summed E-state index contributed by atoms with van der Waals surface area (Å²) in [7, 11) is 0. The van der Waals surface area contributed by atoms with Crippen molar-refractivity contribution in [2.45, 2.75) is 25.7 Å². The molecule has 3 aliphatic rings. The first-order valence-electron chi connectivity index (χ1n) is 4.28. The summed E-state index contributed by atoms with van der Waals surface area (Å²) in [6.45, 7) is 0. The molecule has 0 amide bonds. The van der Waals surface area contributed by atoms with Gasteiger partial charge in [0.15, 0.2) is 0 Å². The number of hydrogen-bond donors (Lipinski definition) is 0. The Morgan fingerprint density at radius 3 is 3.30 bits per heavy atom. The van der Waals surface area contributed by atoms with E-state index in [4.69, 9.17) is 0 Å². The maximum absolute atomic E-state index is 2.48. The highest BCUT2D eigenvalue weighted by atomic mass is 14.5. The molecule has 0 heterocycles. The number of allylic oxidation sites excluding steroid dienone is 4. The minimum absolute atomic E-state index is 0.602. The SMILES string of the molecule is C1=CC23CCC=C2CC1C3. The molecule has 2 atom stereocenters. The smallest absolute Gasteiger partial charge is 0.00997 e. The van der Waals surface area contributed by atoms with Gasteiger partial charge in [-0.05, 0) is 31.6 Å². The molecule has 0 aromatic rings. The second-order valence-electron chi connectivity index (χ2n) is 3.95. The van der Waals surface area contributed by atoms with E-state index < -0.39 is 0 Å². The second kappa shape index (κ2) is 1.39. The van der Waals surface area contributed by atoms with Crippen LogP contribution in [0.25, 0.3) is 0 Å². The summed E-state index contributed by atoms with van der Waals surface area (Å²) in [6.07, 6.45) is 13.0. The molecule has 1 spiro atoms. The van der Waals surface area contributed by atoms with Crippen LogP contribution in [0.2, 0.25) is 0 Å². The Hall–Kier alpha value is -0.520. The number of hydrogen-bond acceptors (Lipinski definition) is 0. The molecule has 1 saturated carbocycles. The average Bonchev–Trinajstić information content (AvgIpc) is 2.48. The summed E-state index contributed by atoms with van der Waals surface area (Å²) in [5.41, 5.74) is 2.37. The van der Waals surface area contributed by atoms with Gasteiger partial charge in [-0.25, -0.2) is 0 Å². The summed E-state index contributed by atoms with van der Waals surface area (Å²) in [5.74, 6) is 0.923. The first kappa shape index (κ1) is 5.17. The van der Waals surface area contributed by atoms with Crippen LogP contribution in [0.3, 0.4) is 0 Å². The zero-order valence-corrected chi connectivity index (χ0v) is 6.14. The third kappa shape index (κ3) is 0.416.